The van der Waals surface area contributed by atoms with Crippen molar-refractivity contribution in [3.63, 3.8) is 0 Å². The molecule has 0 spiro atoms. The first-order chi connectivity index (χ1) is 16.1. The largest absolute Gasteiger partial charge is 0.399 e. The number of nitrogen functional groups attached to an aromatic ring is 1. The molecule has 35 heavy (non-hydrogen) atoms. The van der Waals surface area contributed by atoms with Crippen LogP contribution in [0.5, 0.6) is 0 Å². The van der Waals surface area contributed by atoms with Crippen molar-refractivity contribution in [3.05, 3.63) is 24.3 Å². The molecule has 2 unspecified atom stereocenters. The summed E-state index contributed by atoms with van der Waals surface area (Å²) in [7, 11) is 38.7. The number of ether oxygens (including phenoxy) is 2. The molecule has 2 heterocycles. The zero-order valence-electron chi connectivity index (χ0n) is 19.8. The highest BCUT2D eigenvalue weighted by molar-refractivity contribution is 6.54. The molecule has 16 heteroatoms. The average Bonchev–Trinajstić information content (AvgIpc) is 3.26. The number of hydrogen-bond acceptors (Lipinski definition) is 9. The molecule has 12 radical (unpaired) electrons. The second-order valence-electron chi connectivity index (χ2n) is 8.32. The minimum Gasteiger partial charge on any atom is -0.399 e. The van der Waals surface area contributed by atoms with E-state index in [0.717, 1.165) is 0 Å². The van der Waals surface area contributed by atoms with Gasteiger partial charge in [-0.15, -0.1) is 0 Å². The molecule has 2 aromatic rings. The van der Waals surface area contributed by atoms with Crippen LogP contribution in [-0.4, -0.2) is 109 Å². The first-order valence-corrected chi connectivity index (χ1v) is 10.3. The molecule has 3 rings (SSSR count). The van der Waals surface area contributed by atoms with Gasteiger partial charge in [0.15, 0.2) is 6.29 Å². The highest BCUT2D eigenvalue weighted by Gasteiger charge is 2.68. The van der Waals surface area contributed by atoms with Crippen LogP contribution in [0.3, 0.4) is 0 Å². The lowest BCUT2D eigenvalue weighted by atomic mass is 9.37. The van der Waals surface area contributed by atoms with E-state index in [1.54, 1.807) is 12.3 Å². The van der Waals surface area contributed by atoms with Gasteiger partial charge in [0.25, 0.3) is 0 Å². The van der Waals surface area contributed by atoms with E-state index in [2.05, 4.69) is 15.1 Å². The van der Waals surface area contributed by atoms with Crippen LogP contribution in [0.1, 0.15) is 12.5 Å². The van der Waals surface area contributed by atoms with Gasteiger partial charge in [0.1, 0.15) is 27.8 Å². The molecule has 0 aromatic carbocycles. The molecule has 10 nitrogen and oxygen atoms in total. The minimum atomic E-state index is -2.69. The Morgan fingerprint density at radius 1 is 1.11 bits per heavy atom. The minimum absolute atomic E-state index is 0.131. The van der Waals surface area contributed by atoms with Gasteiger partial charge in [-0.1, -0.05) is 10.4 Å². The lowest BCUT2D eigenvalue weighted by molar-refractivity contribution is -0.100. The number of nitriles is 1. The first-order valence-electron chi connectivity index (χ1n) is 10.3. The van der Waals surface area contributed by atoms with Crippen LogP contribution in [0.15, 0.2) is 18.7 Å². The van der Waals surface area contributed by atoms with Crippen LogP contribution in [-0.2, 0) is 22.4 Å². The molecule has 0 amide bonds. The van der Waals surface area contributed by atoms with E-state index in [4.69, 9.17) is 67.5 Å². The summed E-state index contributed by atoms with van der Waals surface area (Å²) < 4.78 is 11.9. The monoisotopic (exact) mass is 464 g/mol. The number of nitrogens with two attached hydrogens (primary N) is 1. The summed E-state index contributed by atoms with van der Waals surface area (Å²) in [5.41, 5.74) is 2.34. The van der Waals surface area contributed by atoms with E-state index in [9.17, 15) is 10.2 Å². The standard InChI is InChI=1S/C17H19B6N5O4.C2H3N/c1-31-11(32-2)3-9-12(25-7-26-13(9)24)8-4-27-28(5-8)6-10-14(18,19)16(22,29)17(23,30)15(10,20)21;1-2-3/h4-5,7,10-11,29-30H,3,6H2,1-2H3,(H2,24,25,26);1H3. The maximum atomic E-state index is 10.5. The van der Waals surface area contributed by atoms with Crippen molar-refractivity contribution in [1.29, 1.82) is 5.26 Å². The van der Waals surface area contributed by atoms with Gasteiger partial charge in [0, 0.05) is 62.4 Å². The van der Waals surface area contributed by atoms with Crippen molar-refractivity contribution in [3.8, 4) is 17.3 Å². The normalized spacial score (nSPS) is 26.6. The maximum absolute atomic E-state index is 10.5. The second kappa shape index (κ2) is 10.4. The van der Waals surface area contributed by atoms with Gasteiger partial charge >= 0.3 is 0 Å². The average molecular weight is 463 g/mol. The Balaban J connectivity index is 0.00000137. The molecular formula is C19H22B6N6O4. The van der Waals surface area contributed by atoms with Crippen molar-refractivity contribution in [2.75, 3.05) is 20.0 Å². The first kappa shape index (κ1) is 29.0. The fourth-order valence-corrected chi connectivity index (χ4v) is 3.97. The van der Waals surface area contributed by atoms with Crippen molar-refractivity contribution in [2.24, 2.45) is 5.92 Å². The van der Waals surface area contributed by atoms with Gasteiger partial charge in [0.05, 0.1) is 49.3 Å². The molecule has 1 aliphatic rings. The fraction of sp³-hybridized carbons (Fsp3) is 0.579. The second-order valence-corrected chi connectivity index (χ2v) is 8.32. The van der Waals surface area contributed by atoms with Gasteiger partial charge in [-0.3, -0.25) is 4.68 Å². The van der Waals surface area contributed by atoms with Crippen molar-refractivity contribution in [1.82, 2.24) is 19.7 Å². The Bertz CT molecular complexity index is 1040. The summed E-state index contributed by atoms with van der Waals surface area (Å²) in [6, 6.07) is 1.75. The Labute approximate surface area is 212 Å². The van der Waals surface area contributed by atoms with E-state index in [1.165, 1.54) is 38.3 Å². The highest BCUT2D eigenvalue weighted by atomic mass is 16.7. The lowest BCUT2D eigenvalue weighted by Crippen LogP contribution is -2.60. The lowest BCUT2D eigenvalue weighted by Gasteiger charge is -2.46. The smallest absolute Gasteiger partial charge is 0.161 e. The Kier molecular flexibility index (Phi) is 8.65. The summed E-state index contributed by atoms with van der Waals surface area (Å²) >= 11 is 0. The van der Waals surface area contributed by atoms with Gasteiger partial charge < -0.3 is 25.4 Å². The third-order valence-electron chi connectivity index (χ3n) is 6.21. The number of rotatable bonds is 7. The van der Waals surface area contributed by atoms with E-state index < -0.39 is 33.6 Å². The number of methoxy groups -OCH3 is 2. The number of hydrogen-bond donors (Lipinski definition) is 3. The number of nitrogens with zero attached hydrogens (tertiary/aromatic N) is 5. The third kappa shape index (κ3) is 4.92. The van der Waals surface area contributed by atoms with Crippen molar-refractivity contribution < 1.29 is 19.7 Å². The van der Waals surface area contributed by atoms with Gasteiger partial charge in [0.2, 0.25) is 0 Å². The molecule has 0 bridgehead atoms. The zero-order valence-corrected chi connectivity index (χ0v) is 19.8. The molecule has 2 atom stereocenters. The molecule has 0 aliphatic heterocycles. The van der Waals surface area contributed by atoms with Crippen LogP contribution >= 0.6 is 0 Å². The molecule has 2 aromatic heterocycles. The summed E-state index contributed by atoms with van der Waals surface area (Å²) in [6.45, 7) is 1.30. The Morgan fingerprint density at radius 3 is 2.11 bits per heavy atom. The molecule has 1 aliphatic carbocycles. The topological polar surface area (TPSA) is 152 Å². The highest BCUT2D eigenvalue weighted by Crippen LogP contribution is 2.65. The van der Waals surface area contributed by atoms with Crippen LogP contribution in [0, 0.1) is 17.2 Å². The third-order valence-corrected chi connectivity index (χ3v) is 6.21. The van der Waals surface area contributed by atoms with Crippen LogP contribution < -0.4 is 5.73 Å². The van der Waals surface area contributed by atoms with Gasteiger partial charge in [-0.05, 0) is 5.92 Å². The quantitative estimate of drug-likeness (QED) is 0.309. The van der Waals surface area contributed by atoms with Gasteiger partial charge in [-0.2, -0.15) is 10.4 Å². The van der Waals surface area contributed by atoms with E-state index in [1.807, 2.05) is 0 Å². The van der Waals surface area contributed by atoms with E-state index in [-0.39, 0.29) is 18.8 Å². The predicted octanol–water partition coefficient (Wildman–Crippen LogP) is -2.14. The van der Waals surface area contributed by atoms with E-state index in [0.29, 0.717) is 16.8 Å². The molecule has 1 fully saturated rings. The summed E-state index contributed by atoms with van der Waals surface area (Å²) in [5.74, 6) is -0.932. The van der Waals surface area contributed by atoms with Crippen LogP contribution in [0.4, 0.5) is 5.82 Å². The summed E-state index contributed by atoms with van der Waals surface area (Å²) in [4.78, 5) is 8.33. The molecular weight excluding hydrogens is 441 g/mol. The summed E-state index contributed by atoms with van der Waals surface area (Å²) in [6.07, 6.45) is 4.16. The molecule has 170 valence electrons. The SMILES string of the molecule is CC#N.[B]C1([B])C(Cn2cc(-c3ncnc(N)c3CC(OC)OC)cn2)C([B])([B])C([B])(O)C1([B])O. The number of anilines is 1. The zero-order chi connectivity index (χ0) is 26.8. The van der Waals surface area contributed by atoms with Crippen molar-refractivity contribution >= 4 is 52.9 Å². The molecule has 1 saturated carbocycles. The maximum Gasteiger partial charge on any atom is 0.161 e. The Hall–Kier alpha value is -2.19. The van der Waals surface area contributed by atoms with Crippen molar-refractivity contribution in [2.45, 2.75) is 47.6 Å². The number of aliphatic hydroxyl groups is 2. The fourth-order valence-electron chi connectivity index (χ4n) is 3.97. The Morgan fingerprint density at radius 2 is 1.63 bits per heavy atom. The van der Waals surface area contributed by atoms with Crippen LogP contribution in [0.2, 0.25) is 10.4 Å². The predicted molar refractivity (Wildman–Crippen MR) is 134 cm³/mol. The molecule has 4 N–H and O–H groups in total. The van der Waals surface area contributed by atoms with E-state index >= 15 is 0 Å². The molecule has 0 saturated heterocycles. The van der Waals surface area contributed by atoms with Gasteiger partial charge in [-0.25, -0.2) is 9.97 Å². The summed E-state index contributed by atoms with van der Waals surface area (Å²) in [5, 5.41) is 28.3. The van der Waals surface area contributed by atoms with Crippen LogP contribution in [0.25, 0.3) is 11.3 Å². The number of aromatic nitrogens is 4.